The van der Waals surface area contributed by atoms with E-state index >= 15 is 0 Å². The van der Waals surface area contributed by atoms with Crippen molar-refractivity contribution in [2.45, 2.75) is 13.3 Å². The van der Waals surface area contributed by atoms with E-state index in [-0.39, 0.29) is 5.82 Å². The first-order valence-corrected chi connectivity index (χ1v) is 5.59. The lowest BCUT2D eigenvalue weighted by Crippen LogP contribution is -2.12. The Balaban J connectivity index is 2.30. The third kappa shape index (κ3) is 2.56. The Morgan fingerprint density at radius 1 is 1.56 bits per heavy atom. The van der Waals surface area contributed by atoms with Crippen molar-refractivity contribution in [2.75, 3.05) is 0 Å². The summed E-state index contributed by atoms with van der Waals surface area (Å²) in [5, 5.41) is 15.6. The number of aromatic amines is 1. The maximum Gasteiger partial charge on any atom is 0.306 e. The van der Waals surface area contributed by atoms with E-state index in [4.69, 9.17) is 5.11 Å². The number of benzene rings is 1. The largest absolute Gasteiger partial charge is 0.481 e. The molecule has 0 aliphatic rings. The lowest BCUT2D eigenvalue weighted by atomic mass is 9.99. The monoisotopic (exact) mass is 248 g/mol. The highest BCUT2D eigenvalue weighted by molar-refractivity contribution is 5.71. The van der Waals surface area contributed by atoms with Crippen molar-refractivity contribution in [3.05, 3.63) is 42.0 Å². The van der Waals surface area contributed by atoms with Gasteiger partial charge >= 0.3 is 5.97 Å². The van der Waals surface area contributed by atoms with Crippen molar-refractivity contribution in [3.63, 3.8) is 0 Å². The molecule has 0 aliphatic carbocycles. The number of halogens is 1. The average Bonchev–Trinajstić information content (AvgIpc) is 2.77. The van der Waals surface area contributed by atoms with E-state index in [9.17, 15) is 9.18 Å². The second-order valence-electron chi connectivity index (χ2n) is 4.22. The molecule has 4 nitrogen and oxygen atoms in total. The Kier molecular flexibility index (Phi) is 3.41. The van der Waals surface area contributed by atoms with Gasteiger partial charge in [-0.1, -0.05) is 19.1 Å². The third-order valence-corrected chi connectivity index (χ3v) is 2.79. The molecule has 0 spiro atoms. The minimum Gasteiger partial charge on any atom is -0.481 e. The lowest BCUT2D eigenvalue weighted by Gasteiger charge is -2.07. The Bertz CT molecular complexity index is 566. The summed E-state index contributed by atoms with van der Waals surface area (Å²) in [6.45, 7) is 1.62. The normalized spacial score (nSPS) is 12.3. The van der Waals surface area contributed by atoms with Crippen LogP contribution in [0.1, 0.15) is 12.6 Å². The molecule has 18 heavy (non-hydrogen) atoms. The fourth-order valence-electron chi connectivity index (χ4n) is 1.77. The van der Waals surface area contributed by atoms with Gasteiger partial charge in [0.2, 0.25) is 0 Å². The smallest absolute Gasteiger partial charge is 0.306 e. The molecule has 5 heteroatoms. The summed E-state index contributed by atoms with van der Waals surface area (Å²) in [7, 11) is 0. The van der Waals surface area contributed by atoms with Crippen molar-refractivity contribution in [2.24, 2.45) is 5.92 Å². The molecule has 2 N–H and O–H groups in total. The van der Waals surface area contributed by atoms with E-state index in [2.05, 4.69) is 10.2 Å². The Labute approximate surface area is 103 Å². The number of hydrogen-bond donors (Lipinski definition) is 2. The SMILES string of the molecule is CC(Cc1[nH]ncc1-c1cccc(F)c1)C(=O)O. The zero-order chi connectivity index (χ0) is 13.1. The molecule has 1 heterocycles. The summed E-state index contributed by atoms with van der Waals surface area (Å²) < 4.78 is 13.2. The summed E-state index contributed by atoms with van der Waals surface area (Å²) in [5.41, 5.74) is 2.13. The van der Waals surface area contributed by atoms with Gasteiger partial charge in [-0.3, -0.25) is 9.89 Å². The van der Waals surface area contributed by atoms with E-state index in [0.29, 0.717) is 17.7 Å². The second kappa shape index (κ2) is 5.00. The van der Waals surface area contributed by atoms with E-state index < -0.39 is 11.9 Å². The lowest BCUT2D eigenvalue weighted by molar-refractivity contribution is -0.141. The molecule has 1 aromatic carbocycles. The van der Waals surface area contributed by atoms with Crippen LogP contribution in [0.15, 0.2) is 30.5 Å². The van der Waals surface area contributed by atoms with Crippen LogP contribution in [0, 0.1) is 11.7 Å². The molecule has 0 saturated carbocycles. The quantitative estimate of drug-likeness (QED) is 0.873. The van der Waals surface area contributed by atoms with Crippen LogP contribution in [-0.2, 0) is 11.2 Å². The van der Waals surface area contributed by atoms with Crippen molar-refractivity contribution in [3.8, 4) is 11.1 Å². The zero-order valence-electron chi connectivity index (χ0n) is 9.85. The molecule has 0 amide bonds. The van der Waals surface area contributed by atoms with E-state index in [0.717, 1.165) is 5.56 Å². The van der Waals surface area contributed by atoms with Gasteiger partial charge in [0, 0.05) is 17.7 Å². The van der Waals surface area contributed by atoms with Crippen LogP contribution in [-0.4, -0.2) is 21.3 Å². The molecule has 0 bridgehead atoms. The minimum absolute atomic E-state index is 0.328. The predicted octanol–water partition coefficient (Wildman–Crippen LogP) is 2.48. The van der Waals surface area contributed by atoms with E-state index in [1.807, 2.05) is 0 Å². The molecule has 0 fully saturated rings. The fourth-order valence-corrected chi connectivity index (χ4v) is 1.77. The van der Waals surface area contributed by atoms with Gasteiger partial charge in [-0.25, -0.2) is 4.39 Å². The summed E-state index contributed by atoms with van der Waals surface area (Å²) in [4.78, 5) is 10.8. The standard InChI is InChI=1S/C13H13FN2O2/c1-8(13(17)18)5-12-11(7-15-16-12)9-3-2-4-10(14)6-9/h2-4,6-8H,5H2,1H3,(H,15,16)(H,17,18). The number of H-pyrrole nitrogens is 1. The molecule has 94 valence electrons. The van der Waals surface area contributed by atoms with Crippen LogP contribution in [0.25, 0.3) is 11.1 Å². The zero-order valence-corrected chi connectivity index (χ0v) is 9.85. The van der Waals surface area contributed by atoms with Crippen LogP contribution >= 0.6 is 0 Å². The molecule has 1 aromatic heterocycles. The Morgan fingerprint density at radius 3 is 3.00 bits per heavy atom. The molecular weight excluding hydrogens is 235 g/mol. The molecule has 2 rings (SSSR count). The Hall–Kier alpha value is -2.17. The van der Waals surface area contributed by atoms with Crippen molar-refractivity contribution < 1.29 is 14.3 Å². The summed E-state index contributed by atoms with van der Waals surface area (Å²) >= 11 is 0. The molecule has 0 radical (unpaired) electrons. The van der Waals surface area contributed by atoms with Crippen LogP contribution in [0.4, 0.5) is 4.39 Å². The number of nitrogens with one attached hydrogen (secondary N) is 1. The van der Waals surface area contributed by atoms with Crippen LogP contribution in [0.5, 0.6) is 0 Å². The number of carbonyl (C=O) groups is 1. The number of hydrogen-bond acceptors (Lipinski definition) is 2. The van der Waals surface area contributed by atoms with E-state index in [1.165, 1.54) is 12.1 Å². The van der Waals surface area contributed by atoms with Gasteiger partial charge in [-0.05, 0) is 17.7 Å². The maximum absolute atomic E-state index is 13.2. The summed E-state index contributed by atoms with van der Waals surface area (Å²) in [6.07, 6.45) is 1.92. The number of rotatable bonds is 4. The van der Waals surface area contributed by atoms with Crippen molar-refractivity contribution in [1.82, 2.24) is 10.2 Å². The first-order chi connectivity index (χ1) is 8.58. The number of aromatic nitrogens is 2. The molecule has 1 atom stereocenters. The predicted molar refractivity (Wildman–Crippen MR) is 64.5 cm³/mol. The first-order valence-electron chi connectivity index (χ1n) is 5.59. The summed E-state index contributed by atoms with van der Waals surface area (Å²) in [5.74, 6) is -1.71. The minimum atomic E-state index is -0.866. The van der Waals surface area contributed by atoms with Gasteiger partial charge in [0.05, 0.1) is 12.1 Å². The maximum atomic E-state index is 13.2. The van der Waals surface area contributed by atoms with Gasteiger partial charge < -0.3 is 5.11 Å². The number of aliphatic carboxylic acids is 1. The topological polar surface area (TPSA) is 66.0 Å². The number of carboxylic acid groups (broad SMARTS) is 1. The highest BCUT2D eigenvalue weighted by Gasteiger charge is 2.16. The fraction of sp³-hybridized carbons (Fsp3) is 0.231. The van der Waals surface area contributed by atoms with Gasteiger partial charge in [-0.15, -0.1) is 0 Å². The average molecular weight is 248 g/mol. The van der Waals surface area contributed by atoms with Gasteiger partial charge in [0.15, 0.2) is 0 Å². The number of carboxylic acids is 1. The van der Waals surface area contributed by atoms with Gasteiger partial charge in [0.1, 0.15) is 5.82 Å². The highest BCUT2D eigenvalue weighted by atomic mass is 19.1. The van der Waals surface area contributed by atoms with Gasteiger partial charge in [0.25, 0.3) is 0 Å². The first kappa shape index (κ1) is 12.3. The van der Waals surface area contributed by atoms with Crippen molar-refractivity contribution >= 4 is 5.97 Å². The molecule has 1 unspecified atom stereocenters. The van der Waals surface area contributed by atoms with E-state index in [1.54, 1.807) is 25.3 Å². The van der Waals surface area contributed by atoms with Crippen LogP contribution in [0.3, 0.4) is 0 Å². The molecule has 0 aliphatic heterocycles. The van der Waals surface area contributed by atoms with Crippen LogP contribution in [0.2, 0.25) is 0 Å². The number of nitrogens with zero attached hydrogens (tertiary/aromatic N) is 1. The van der Waals surface area contributed by atoms with Crippen molar-refractivity contribution in [1.29, 1.82) is 0 Å². The van der Waals surface area contributed by atoms with Gasteiger partial charge in [-0.2, -0.15) is 5.10 Å². The Morgan fingerprint density at radius 2 is 2.33 bits per heavy atom. The molecular formula is C13H13FN2O2. The third-order valence-electron chi connectivity index (χ3n) is 2.79. The molecule has 2 aromatic rings. The highest BCUT2D eigenvalue weighted by Crippen LogP contribution is 2.24. The summed E-state index contributed by atoms with van der Waals surface area (Å²) in [6, 6.07) is 6.15. The van der Waals surface area contributed by atoms with Crippen LogP contribution < -0.4 is 0 Å². The second-order valence-corrected chi connectivity index (χ2v) is 4.22. The molecule has 0 saturated heterocycles.